The number of nitrogens with zero attached hydrogens (tertiary/aromatic N) is 1. The van der Waals surface area contributed by atoms with Crippen LogP contribution in [0.15, 0.2) is 30.3 Å². The van der Waals surface area contributed by atoms with Crippen molar-refractivity contribution in [3.8, 4) is 0 Å². The van der Waals surface area contributed by atoms with E-state index in [4.69, 9.17) is 0 Å². The number of fused-ring (bicyclic) bond motifs is 1. The lowest BCUT2D eigenvalue weighted by Crippen LogP contribution is -2.50. The van der Waals surface area contributed by atoms with Crippen molar-refractivity contribution in [1.82, 2.24) is 10.2 Å². The van der Waals surface area contributed by atoms with Crippen molar-refractivity contribution >= 4 is 0 Å². The molecule has 2 saturated heterocycles. The van der Waals surface area contributed by atoms with Gasteiger partial charge in [-0.3, -0.25) is 4.90 Å². The zero-order valence-electron chi connectivity index (χ0n) is 10.7. The normalized spacial score (nSPS) is 33.6. The highest BCUT2D eigenvalue weighted by molar-refractivity contribution is 5.15. The molecule has 0 saturated carbocycles. The van der Waals surface area contributed by atoms with Crippen molar-refractivity contribution in [1.29, 1.82) is 0 Å². The average molecular weight is 230 g/mol. The molecule has 2 heteroatoms. The van der Waals surface area contributed by atoms with E-state index in [1.165, 1.54) is 38.0 Å². The Morgan fingerprint density at radius 1 is 1.29 bits per heavy atom. The molecule has 2 nitrogen and oxygen atoms in total. The number of likely N-dealkylation sites (tertiary alicyclic amines) is 1. The van der Waals surface area contributed by atoms with Crippen molar-refractivity contribution in [3.63, 3.8) is 0 Å². The van der Waals surface area contributed by atoms with Gasteiger partial charge in [-0.15, -0.1) is 0 Å². The third-order valence-electron chi connectivity index (χ3n) is 4.62. The number of rotatable bonds is 2. The highest BCUT2D eigenvalue weighted by Gasteiger charge is 2.42. The first kappa shape index (κ1) is 11.2. The Morgan fingerprint density at radius 3 is 2.94 bits per heavy atom. The van der Waals surface area contributed by atoms with Crippen LogP contribution in [0.1, 0.15) is 25.3 Å². The van der Waals surface area contributed by atoms with Gasteiger partial charge in [-0.2, -0.15) is 0 Å². The van der Waals surface area contributed by atoms with Crippen molar-refractivity contribution in [2.75, 3.05) is 19.6 Å². The van der Waals surface area contributed by atoms with Gasteiger partial charge < -0.3 is 5.32 Å². The zero-order valence-corrected chi connectivity index (χ0v) is 10.7. The van der Waals surface area contributed by atoms with E-state index in [1.54, 1.807) is 0 Å². The van der Waals surface area contributed by atoms with Gasteiger partial charge in [0.2, 0.25) is 0 Å². The van der Waals surface area contributed by atoms with E-state index in [0.717, 1.165) is 6.54 Å². The van der Waals surface area contributed by atoms with Crippen molar-refractivity contribution in [2.45, 2.75) is 32.4 Å². The minimum Gasteiger partial charge on any atom is -0.312 e. The Bertz CT molecular complexity index is 376. The summed E-state index contributed by atoms with van der Waals surface area (Å²) in [6.07, 6.45) is 2.70. The molecule has 0 bridgehead atoms. The Labute approximate surface area is 104 Å². The molecule has 2 aliphatic rings. The third kappa shape index (κ3) is 2.24. The number of nitrogens with one attached hydrogen (secondary N) is 1. The lowest BCUT2D eigenvalue weighted by Gasteiger charge is -2.41. The number of benzene rings is 1. The third-order valence-corrected chi connectivity index (χ3v) is 4.62. The van der Waals surface area contributed by atoms with E-state index in [9.17, 15) is 0 Å². The Balaban J connectivity index is 1.64. The molecule has 0 aromatic heterocycles. The minimum atomic E-state index is 0.563. The highest BCUT2D eigenvalue weighted by Crippen LogP contribution is 2.38. The zero-order chi connectivity index (χ0) is 11.7. The molecule has 2 fully saturated rings. The van der Waals surface area contributed by atoms with E-state index in [1.807, 2.05) is 0 Å². The summed E-state index contributed by atoms with van der Waals surface area (Å²) in [6.45, 7) is 7.24. The van der Waals surface area contributed by atoms with Crippen LogP contribution in [0.4, 0.5) is 0 Å². The molecule has 1 aromatic carbocycles. The fraction of sp³-hybridized carbons (Fsp3) is 0.600. The minimum absolute atomic E-state index is 0.563. The second-order valence-electron chi connectivity index (χ2n) is 5.88. The van der Waals surface area contributed by atoms with Crippen LogP contribution in [0.5, 0.6) is 0 Å². The molecule has 0 unspecified atom stereocenters. The van der Waals surface area contributed by atoms with E-state index < -0.39 is 0 Å². The molecular formula is C15H22N2. The predicted octanol–water partition coefficient (Wildman–Crippen LogP) is 2.26. The summed E-state index contributed by atoms with van der Waals surface area (Å²) in [5, 5.41) is 3.67. The Kier molecular flexibility index (Phi) is 2.93. The molecular weight excluding hydrogens is 208 g/mol. The summed E-state index contributed by atoms with van der Waals surface area (Å²) in [5.41, 5.74) is 2.00. The first-order valence-corrected chi connectivity index (χ1v) is 6.76. The monoisotopic (exact) mass is 230 g/mol. The van der Waals surface area contributed by atoms with Crippen LogP contribution < -0.4 is 5.32 Å². The van der Waals surface area contributed by atoms with Crippen molar-refractivity contribution in [2.24, 2.45) is 5.41 Å². The smallest absolute Gasteiger partial charge is 0.0249 e. The molecule has 2 aliphatic heterocycles. The molecule has 92 valence electrons. The average Bonchev–Trinajstić information content (AvgIpc) is 2.72. The maximum Gasteiger partial charge on any atom is 0.0249 e. The van der Waals surface area contributed by atoms with Gasteiger partial charge in [-0.05, 0) is 36.9 Å². The van der Waals surface area contributed by atoms with Gasteiger partial charge in [0, 0.05) is 19.1 Å². The molecule has 0 aliphatic carbocycles. The van der Waals surface area contributed by atoms with E-state index in [-0.39, 0.29) is 0 Å². The van der Waals surface area contributed by atoms with Gasteiger partial charge in [-0.25, -0.2) is 0 Å². The SMILES string of the molecule is C[C@@]12CCN[C@@H]1CN(Cc1ccccc1)CC2. The van der Waals surface area contributed by atoms with Gasteiger partial charge in [0.15, 0.2) is 0 Å². The number of piperidine rings is 1. The van der Waals surface area contributed by atoms with Crippen LogP contribution in [0, 0.1) is 5.41 Å². The van der Waals surface area contributed by atoms with Crippen LogP contribution in [0.2, 0.25) is 0 Å². The molecule has 2 atom stereocenters. The van der Waals surface area contributed by atoms with E-state index in [0.29, 0.717) is 11.5 Å². The summed E-state index contributed by atoms with van der Waals surface area (Å²) >= 11 is 0. The number of hydrogen-bond acceptors (Lipinski definition) is 2. The lowest BCUT2D eigenvalue weighted by molar-refractivity contribution is 0.0983. The summed E-state index contributed by atoms with van der Waals surface area (Å²) in [5.74, 6) is 0. The Morgan fingerprint density at radius 2 is 2.12 bits per heavy atom. The van der Waals surface area contributed by atoms with E-state index >= 15 is 0 Å². The summed E-state index contributed by atoms with van der Waals surface area (Å²) in [6, 6.07) is 11.5. The fourth-order valence-corrected chi connectivity index (χ4v) is 3.28. The summed E-state index contributed by atoms with van der Waals surface area (Å²) in [7, 11) is 0. The van der Waals surface area contributed by atoms with Gasteiger partial charge in [0.25, 0.3) is 0 Å². The molecule has 1 N–H and O–H groups in total. The molecule has 2 heterocycles. The number of hydrogen-bond donors (Lipinski definition) is 1. The lowest BCUT2D eigenvalue weighted by atomic mass is 9.76. The van der Waals surface area contributed by atoms with Crippen LogP contribution in [0.25, 0.3) is 0 Å². The molecule has 0 radical (unpaired) electrons. The first-order chi connectivity index (χ1) is 8.26. The van der Waals surface area contributed by atoms with Crippen LogP contribution in [-0.4, -0.2) is 30.6 Å². The standard InChI is InChI=1S/C15H22N2/c1-15-7-9-16-14(15)12-17(10-8-15)11-13-5-3-2-4-6-13/h2-6,14,16H,7-12H2,1H3/t14-,15+/m1/s1. The molecule has 1 aromatic rings. The molecule has 17 heavy (non-hydrogen) atoms. The van der Waals surface area contributed by atoms with Gasteiger partial charge >= 0.3 is 0 Å². The first-order valence-electron chi connectivity index (χ1n) is 6.76. The predicted molar refractivity (Wildman–Crippen MR) is 70.9 cm³/mol. The van der Waals surface area contributed by atoms with Crippen molar-refractivity contribution in [3.05, 3.63) is 35.9 Å². The molecule has 0 amide bonds. The summed E-state index contributed by atoms with van der Waals surface area (Å²) in [4.78, 5) is 2.60. The fourth-order valence-electron chi connectivity index (χ4n) is 3.28. The molecule has 0 spiro atoms. The largest absolute Gasteiger partial charge is 0.312 e. The quantitative estimate of drug-likeness (QED) is 0.838. The van der Waals surface area contributed by atoms with Crippen LogP contribution in [-0.2, 0) is 6.54 Å². The van der Waals surface area contributed by atoms with E-state index in [2.05, 4.69) is 47.5 Å². The highest BCUT2D eigenvalue weighted by atomic mass is 15.2. The summed E-state index contributed by atoms with van der Waals surface area (Å²) < 4.78 is 0. The molecule has 3 rings (SSSR count). The van der Waals surface area contributed by atoms with Crippen LogP contribution in [0.3, 0.4) is 0 Å². The Hall–Kier alpha value is -0.860. The van der Waals surface area contributed by atoms with Gasteiger partial charge in [0.1, 0.15) is 0 Å². The van der Waals surface area contributed by atoms with Crippen LogP contribution >= 0.6 is 0 Å². The topological polar surface area (TPSA) is 15.3 Å². The van der Waals surface area contributed by atoms with Gasteiger partial charge in [0.05, 0.1) is 0 Å². The maximum absolute atomic E-state index is 3.67. The van der Waals surface area contributed by atoms with Crippen molar-refractivity contribution < 1.29 is 0 Å². The second kappa shape index (κ2) is 4.43. The second-order valence-corrected chi connectivity index (χ2v) is 5.88. The maximum atomic E-state index is 3.67. The van der Waals surface area contributed by atoms with Gasteiger partial charge in [-0.1, -0.05) is 37.3 Å².